The molecule has 1 unspecified atom stereocenters. The van der Waals surface area contributed by atoms with Crippen molar-refractivity contribution in [3.63, 3.8) is 0 Å². The summed E-state index contributed by atoms with van der Waals surface area (Å²) in [6.07, 6.45) is -0.745. The summed E-state index contributed by atoms with van der Waals surface area (Å²) in [7, 11) is -3.64. The summed E-state index contributed by atoms with van der Waals surface area (Å²) in [5, 5.41) is 9.68. The number of thiophene rings is 1. The smallest absolute Gasteiger partial charge is 0.271 e. The highest BCUT2D eigenvalue weighted by Gasteiger charge is 2.20. The molecule has 4 nitrogen and oxygen atoms in total. The molecule has 0 fully saturated rings. The van der Waals surface area contributed by atoms with Crippen LogP contribution in [0.3, 0.4) is 0 Å². The minimum absolute atomic E-state index is 0.238. The molecule has 2 aromatic rings. The molecular formula is C13H14BrNO3S2. The van der Waals surface area contributed by atoms with Crippen LogP contribution in [0.15, 0.2) is 38.3 Å². The Hall–Kier alpha value is -0.890. The van der Waals surface area contributed by atoms with Gasteiger partial charge in [0.1, 0.15) is 4.21 Å². The number of sulfonamides is 1. The van der Waals surface area contributed by atoms with Crippen LogP contribution in [-0.2, 0) is 10.0 Å². The lowest BCUT2D eigenvalue weighted by molar-refractivity contribution is 0.200. The minimum Gasteiger partial charge on any atom is -0.389 e. The van der Waals surface area contributed by atoms with Crippen LogP contribution in [0.4, 0.5) is 5.69 Å². The summed E-state index contributed by atoms with van der Waals surface area (Å²) in [4.78, 5) is 0. The Balaban J connectivity index is 2.38. The first kappa shape index (κ1) is 15.5. The zero-order chi connectivity index (χ0) is 14.9. The van der Waals surface area contributed by atoms with Crippen LogP contribution < -0.4 is 4.72 Å². The molecule has 0 amide bonds. The van der Waals surface area contributed by atoms with E-state index in [2.05, 4.69) is 20.7 Å². The predicted molar refractivity (Wildman–Crippen MR) is 84.6 cm³/mol. The highest BCUT2D eigenvalue weighted by Crippen LogP contribution is 2.32. The number of hydrogen-bond acceptors (Lipinski definition) is 4. The highest BCUT2D eigenvalue weighted by molar-refractivity contribution is 9.11. The molecule has 1 aromatic carbocycles. The SMILES string of the molecule is Cc1cc(S(=O)(=O)Nc2ccccc2C(C)O)sc1Br. The zero-order valence-corrected chi connectivity index (χ0v) is 14.1. The molecule has 0 bridgehead atoms. The lowest BCUT2D eigenvalue weighted by atomic mass is 10.1. The molecule has 2 N–H and O–H groups in total. The third-order valence-corrected chi connectivity index (χ3v) is 6.73. The molecule has 0 aliphatic carbocycles. The molecule has 1 heterocycles. The Morgan fingerprint density at radius 1 is 1.35 bits per heavy atom. The number of hydrogen-bond donors (Lipinski definition) is 2. The Bertz CT molecular complexity index is 703. The summed E-state index contributed by atoms with van der Waals surface area (Å²) in [5.41, 5.74) is 1.81. The van der Waals surface area contributed by atoms with E-state index in [0.717, 1.165) is 20.7 Å². The lowest BCUT2D eigenvalue weighted by Gasteiger charge is -2.13. The summed E-state index contributed by atoms with van der Waals surface area (Å²) >= 11 is 4.48. The number of benzene rings is 1. The van der Waals surface area contributed by atoms with E-state index in [1.54, 1.807) is 37.3 Å². The van der Waals surface area contributed by atoms with Crippen molar-refractivity contribution in [1.82, 2.24) is 0 Å². The molecule has 1 aromatic heterocycles. The van der Waals surface area contributed by atoms with Crippen LogP contribution in [0, 0.1) is 6.92 Å². The van der Waals surface area contributed by atoms with Crippen molar-refractivity contribution in [1.29, 1.82) is 0 Å². The van der Waals surface area contributed by atoms with Gasteiger partial charge in [0.2, 0.25) is 0 Å². The maximum atomic E-state index is 12.3. The maximum Gasteiger partial charge on any atom is 0.271 e. The average molecular weight is 376 g/mol. The van der Waals surface area contributed by atoms with Gasteiger partial charge < -0.3 is 5.11 Å². The topological polar surface area (TPSA) is 66.4 Å². The number of aryl methyl sites for hydroxylation is 1. The normalized spacial score (nSPS) is 13.2. The molecule has 0 saturated heterocycles. The molecular weight excluding hydrogens is 362 g/mol. The van der Waals surface area contributed by atoms with E-state index >= 15 is 0 Å². The van der Waals surface area contributed by atoms with Crippen LogP contribution in [-0.4, -0.2) is 13.5 Å². The molecule has 0 aliphatic rings. The van der Waals surface area contributed by atoms with Gasteiger partial charge in [0.25, 0.3) is 10.0 Å². The number of halogens is 1. The number of aliphatic hydroxyl groups excluding tert-OH is 1. The summed E-state index contributed by atoms with van der Waals surface area (Å²) < 4.78 is 28.2. The van der Waals surface area contributed by atoms with E-state index in [1.165, 1.54) is 0 Å². The summed E-state index contributed by atoms with van der Waals surface area (Å²) in [6, 6.07) is 8.42. The van der Waals surface area contributed by atoms with Crippen molar-refractivity contribution in [2.75, 3.05) is 4.72 Å². The Morgan fingerprint density at radius 3 is 2.55 bits per heavy atom. The molecule has 0 spiro atoms. The van der Waals surface area contributed by atoms with Crippen molar-refractivity contribution in [3.05, 3.63) is 45.2 Å². The predicted octanol–water partition coefficient (Wildman–Crippen LogP) is 3.67. The third kappa shape index (κ3) is 3.22. The van der Waals surface area contributed by atoms with E-state index in [4.69, 9.17) is 0 Å². The van der Waals surface area contributed by atoms with Gasteiger partial charge in [-0.15, -0.1) is 11.3 Å². The highest BCUT2D eigenvalue weighted by atomic mass is 79.9. The monoisotopic (exact) mass is 375 g/mol. The second-order valence-electron chi connectivity index (χ2n) is 4.39. The second-order valence-corrected chi connectivity index (χ2v) is 8.67. The van der Waals surface area contributed by atoms with Crippen LogP contribution in [0.1, 0.15) is 24.2 Å². The van der Waals surface area contributed by atoms with Crippen molar-refractivity contribution in [2.45, 2.75) is 24.2 Å². The summed E-state index contributed by atoms with van der Waals surface area (Å²) in [5.74, 6) is 0. The first-order chi connectivity index (χ1) is 9.31. The third-order valence-electron chi connectivity index (χ3n) is 2.75. The van der Waals surface area contributed by atoms with Crippen LogP contribution in [0.2, 0.25) is 0 Å². The first-order valence-corrected chi connectivity index (χ1v) is 8.96. The standard InChI is InChI=1S/C13H14BrNO3S2/c1-8-7-12(19-13(8)14)20(17,18)15-11-6-4-3-5-10(11)9(2)16/h3-7,9,15-16H,1-2H3. The van der Waals surface area contributed by atoms with Gasteiger partial charge in [-0.2, -0.15) is 0 Å². The Labute approximate surface area is 130 Å². The number of nitrogens with one attached hydrogen (secondary N) is 1. The number of rotatable bonds is 4. The van der Waals surface area contributed by atoms with Gasteiger partial charge in [-0.3, -0.25) is 4.72 Å². The molecule has 7 heteroatoms. The van der Waals surface area contributed by atoms with Crippen LogP contribution in [0.5, 0.6) is 0 Å². The fourth-order valence-corrected chi connectivity index (χ4v) is 5.03. The Morgan fingerprint density at radius 2 is 2.00 bits per heavy atom. The van der Waals surface area contributed by atoms with E-state index in [0.29, 0.717) is 11.3 Å². The van der Waals surface area contributed by atoms with Gasteiger partial charge in [0.15, 0.2) is 0 Å². The average Bonchev–Trinajstić information content (AvgIpc) is 2.70. The van der Waals surface area contributed by atoms with Crippen molar-refractivity contribution < 1.29 is 13.5 Å². The van der Waals surface area contributed by atoms with Crippen LogP contribution in [0.25, 0.3) is 0 Å². The number of aliphatic hydroxyl groups is 1. The fourth-order valence-electron chi connectivity index (χ4n) is 1.71. The van der Waals surface area contributed by atoms with Crippen molar-refractivity contribution >= 4 is 43.0 Å². The molecule has 0 radical (unpaired) electrons. The first-order valence-electron chi connectivity index (χ1n) is 5.87. The Kier molecular flexibility index (Phi) is 4.53. The largest absolute Gasteiger partial charge is 0.389 e. The number of para-hydroxylation sites is 1. The van der Waals surface area contributed by atoms with E-state index in [-0.39, 0.29) is 4.21 Å². The van der Waals surface area contributed by atoms with E-state index in [9.17, 15) is 13.5 Å². The lowest BCUT2D eigenvalue weighted by Crippen LogP contribution is -2.13. The van der Waals surface area contributed by atoms with Gasteiger partial charge in [-0.05, 0) is 47.5 Å². The molecule has 20 heavy (non-hydrogen) atoms. The second kappa shape index (κ2) is 5.85. The zero-order valence-electron chi connectivity index (χ0n) is 10.9. The van der Waals surface area contributed by atoms with Gasteiger partial charge in [0.05, 0.1) is 15.6 Å². The van der Waals surface area contributed by atoms with Crippen LogP contribution >= 0.6 is 27.3 Å². The van der Waals surface area contributed by atoms with E-state index < -0.39 is 16.1 Å². The van der Waals surface area contributed by atoms with Gasteiger partial charge in [-0.1, -0.05) is 18.2 Å². The minimum atomic E-state index is -3.64. The summed E-state index contributed by atoms with van der Waals surface area (Å²) in [6.45, 7) is 3.43. The van der Waals surface area contributed by atoms with Gasteiger partial charge in [-0.25, -0.2) is 8.42 Å². The molecule has 1 atom stereocenters. The molecule has 2 rings (SSSR count). The molecule has 0 saturated carbocycles. The maximum absolute atomic E-state index is 12.3. The van der Waals surface area contributed by atoms with Gasteiger partial charge in [0, 0.05) is 5.56 Å². The van der Waals surface area contributed by atoms with E-state index in [1.807, 2.05) is 6.92 Å². The van der Waals surface area contributed by atoms with Gasteiger partial charge >= 0.3 is 0 Å². The molecule has 0 aliphatic heterocycles. The quantitative estimate of drug-likeness (QED) is 0.856. The number of anilines is 1. The van der Waals surface area contributed by atoms with Crippen molar-refractivity contribution in [3.8, 4) is 0 Å². The molecule has 108 valence electrons. The fraction of sp³-hybridized carbons (Fsp3) is 0.231. The van der Waals surface area contributed by atoms with Crippen molar-refractivity contribution in [2.24, 2.45) is 0 Å².